The van der Waals surface area contributed by atoms with Crippen LogP contribution in [-0.2, 0) is 11.3 Å². The third kappa shape index (κ3) is 5.88. The molecule has 0 radical (unpaired) electrons. The largest absolute Gasteiger partial charge is 0.325 e. The third-order valence-electron chi connectivity index (χ3n) is 4.79. The molecule has 0 spiro atoms. The number of aromatic nitrogens is 4. The van der Waals surface area contributed by atoms with Gasteiger partial charge in [0, 0.05) is 29.6 Å². The van der Waals surface area contributed by atoms with Gasteiger partial charge in [0.25, 0.3) is 0 Å². The lowest BCUT2D eigenvalue weighted by molar-refractivity contribution is -0.113. The van der Waals surface area contributed by atoms with Gasteiger partial charge in [-0.25, -0.2) is 4.98 Å². The average Bonchev–Trinajstić information content (AvgIpc) is 3.25. The molecule has 1 N–H and O–H groups in total. The lowest BCUT2D eigenvalue weighted by Gasteiger charge is -2.08. The van der Waals surface area contributed by atoms with Crippen molar-refractivity contribution in [3.63, 3.8) is 0 Å². The number of nitrogens with one attached hydrogen (secondary N) is 1. The SMILES string of the molecule is CCn1c(SCC(=O)Nc2cccc(C#Cc3ccccn3)c2)nnc1-c1cccc(C)c1. The van der Waals surface area contributed by atoms with E-state index in [1.54, 1.807) is 6.20 Å². The van der Waals surface area contributed by atoms with Crippen LogP contribution in [0.25, 0.3) is 11.4 Å². The molecule has 0 atom stereocenters. The molecule has 33 heavy (non-hydrogen) atoms. The van der Waals surface area contributed by atoms with E-state index >= 15 is 0 Å². The highest BCUT2D eigenvalue weighted by atomic mass is 32.2. The minimum atomic E-state index is -0.113. The van der Waals surface area contributed by atoms with E-state index in [2.05, 4.69) is 51.4 Å². The zero-order valence-corrected chi connectivity index (χ0v) is 19.3. The van der Waals surface area contributed by atoms with Gasteiger partial charge in [-0.3, -0.25) is 4.79 Å². The second-order valence-corrected chi connectivity index (χ2v) is 8.25. The molecule has 4 rings (SSSR count). The Bertz CT molecular complexity index is 1320. The fourth-order valence-electron chi connectivity index (χ4n) is 3.25. The Balaban J connectivity index is 1.40. The molecule has 1 amide bonds. The molecule has 0 aliphatic carbocycles. The van der Waals surface area contributed by atoms with Gasteiger partial charge in [0.2, 0.25) is 5.91 Å². The number of benzene rings is 2. The summed E-state index contributed by atoms with van der Waals surface area (Å²) < 4.78 is 2.03. The van der Waals surface area contributed by atoms with Gasteiger partial charge in [0.05, 0.1) is 5.75 Å². The number of rotatable bonds is 6. The highest BCUT2D eigenvalue weighted by molar-refractivity contribution is 7.99. The molecule has 2 heterocycles. The first-order chi connectivity index (χ1) is 16.1. The fraction of sp³-hybridized carbons (Fsp3) is 0.154. The van der Waals surface area contributed by atoms with Crippen LogP contribution in [0.15, 0.2) is 78.1 Å². The number of anilines is 1. The lowest BCUT2D eigenvalue weighted by Crippen LogP contribution is -2.14. The molecule has 7 heteroatoms. The van der Waals surface area contributed by atoms with Crippen molar-refractivity contribution < 1.29 is 4.79 Å². The maximum absolute atomic E-state index is 12.6. The van der Waals surface area contributed by atoms with Crippen molar-refractivity contribution in [1.29, 1.82) is 0 Å². The zero-order chi connectivity index (χ0) is 23.0. The number of carbonyl (C=O) groups is 1. The fourth-order valence-corrected chi connectivity index (χ4v) is 4.06. The maximum atomic E-state index is 12.6. The summed E-state index contributed by atoms with van der Waals surface area (Å²) in [5, 5.41) is 12.3. The van der Waals surface area contributed by atoms with Crippen molar-refractivity contribution in [2.24, 2.45) is 0 Å². The molecule has 0 saturated heterocycles. The van der Waals surface area contributed by atoms with E-state index in [4.69, 9.17) is 0 Å². The molecule has 2 aromatic heterocycles. The number of carbonyl (C=O) groups excluding carboxylic acids is 1. The van der Waals surface area contributed by atoms with Gasteiger partial charge in [-0.15, -0.1) is 10.2 Å². The van der Waals surface area contributed by atoms with Crippen molar-refractivity contribution >= 4 is 23.4 Å². The third-order valence-corrected chi connectivity index (χ3v) is 5.75. The highest BCUT2D eigenvalue weighted by Crippen LogP contribution is 2.24. The van der Waals surface area contributed by atoms with Gasteiger partial charge < -0.3 is 9.88 Å². The monoisotopic (exact) mass is 453 g/mol. The van der Waals surface area contributed by atoms with Crippen LogP contribution in [0.1, 0.15) is 23.7 Å². The summed E-state index contributed by atoms with van der Waals surface area (Å²) in [4.78, 5) is 16.8. The Morgan fingerprint density at radius 3 is 2.70 bits per heavy atom. The van der Waals surface area contributed by atoms with E-state index in [1.165, 1.54) is 17.3 Å². The Kier molecular flexibility index (Phi) is 7.18. The van der Waals surface area contributed by atoms with Crippen LogP contribution in [0.4, 0.5) is 5.69 Å². The smallest absolute Gasteiger partial charge is 0.234 e. The summed E-state index contributed by atoms with van der Waals surface area (Å²) in [5.74, 6) is 7.03. The van der Waals surface area contributed by atoms with Gasteiger partial charge in [-0.2, -0.15) is 0 Å². The summed E-state index contributed by atoms with van der Waals surface area (Å²) >= 11 is 1.37. The molecule has 164 valence electrons. The summed E-state index contributed by atoms with van der Waals surface area (Å²) in [5.41, 5.74) is 4.39. The Morgan fingerprint density at radius 1 is 1.03 bits per heavy atom. The number of hydrogen-bond donors (Lipinski definition) is 1. The molecule has 0 aliphatic heterocycles. The molecule has 4 aromatic rings. The van der Waals surface area contributed by atoms with E-state index in [1.807, 2.05) is 66.1 Å². The molecular formula is C26H23N5OS. The van der Waals surface area contributed by atoms with Crippen LogP contribution < -0.4 is 5.32 Å². The molecule has 0 bridgehead atoms. The predicted octanol–water partition coefficient (Wildman–Crippen LogP) is 4.80. The first-order valence-electron chi connectivity index (χ1n) is 10.6. The van der Waals surface area contributed by atoms with E-state index in [0.29, 0.717) is 11.4 Å². The second kappa shape index (κ2) is 10.6. The molecular weight excluding hydrogens is 430 g/mol. The number of thioether (sulfide) groups is 1. The van der Waals surface area contributed by atoms with Gasteiger partial charge in [-0.05, 0) is 56.2 Å². The lowest BCUT2D eigenvalue weighted by atomic mass is 10.1. The van der Waals surface area contributed by atoms with Crippen LogP contribution in [0.5, 0.6) is 0 Å². The van der Waals surface area contributed by atoms with Crippen molar-refractivity contribution in [2.45, 2.75) is 25.5 Å². The van der Waals surface area contributed by atoms with E-state index in [9.17, 15) is 4.79 Å². The van der Waals surface area contributed by atoms with Crippen molar-refractivity contribution in [3.05, 3.63) is 89.7 Å². The Hall–Kier alpha value is -3.89. The molecule has 0 unspecified atom stereocenters. The Morgan fingerprint density at radius 2 is 1.91 bits per heavy atom. The van der Waals surface area contributed by atoms with Gasteiger partial charge >= 0.3 is 0 Å². The summed E-state index contributed by atoms with van der Waals surface area (Å²) in [6.07, 6.45) is 1.71. The van der Waals surface area contributed by atoms with Crippen LogP contribution in [-0.4, -0.2) is 31.4 Å². The molecule has 0 fully saturated rings. The van der Waals surface area contributed by atoms with Crippen LogP contribution >= 0.6 is 11.8 Å². The van der Waals surface area contributed by atoms with Crippen molar-refractivity contribution in [3.8, 4) is 23.2 Å². The van der Waals surface area contributed by atoms with Crippen molar-refractivity contribution in [2.75, 3.05) is 11.1 Å². The second-order valence-electron chi connectivity index (χ2n) is 7.30. The average molecular weight is 454 g/mol. The van der Waals surface area contributed by atoms with E-state index in [-0.39, 0.29) is 11.7 Å². The number of aryl methyl sites for hydroxylation is 1. The normalized spacial score (nSPS) is 10.4. The van der Waals surface area contributed by atoms with E-state index < -0.39 is 0 Å². The number of hydrogen-bond acceptors (Lipinski definition) is 5. The van der Waals surface area contributed by atoms with Gasteiger partial charge in [-0.1, -0.05) is 53.6 Å². The van der Waals surface area contributed by atoms with Gasteiger partial charge in [0.15, 0.2) is 11.0 Å². The standard InChI is InChI=1S/C26H23N5OS/c1-3-31-25(21-10-6-8-19(2)16-21)29-30-26(31)33-18-24(32)28-23-12-7-9-20(17-23)13-14-22-11-4-5-15-27-22/h4-12,15-17H,3,18H2,1-2H3,(H,28,32). The van der Waals surface area contributed by atoms with Crippen LogP contribution in [0.3, 0.4) is 0 Å². The summed E-state index contributed by atoms with van der Waals surface area (Å²) in [6, 6.07) is 21.2. The van der Waals surface area contributed by atoms with Crippen LogP contribution in [0.2, 0.25) is 0 Å². The topological polar surface area (TPSA) is 72.7 Å². The number of amides is 1. The Labute approximate surface area is 197 Å². The molecule has 0 aliphatic rings. The summed E-state index contributed by atoms with van der Waals surface area (Å²) in [6.45, 7) is 4.82. The minimum absolute atomic E-state index is 0.113. The first-order valence-corrected chi connectivity index (χ1v) is 11.6. The van der Waals surface area contributed by atoms with Crippen molar-refractivity contribution in [1.82, 2.24) is 19.7 Å². The summed E-state index contributed by atoms with van der Waals surface area (Å²) in [7, 11) is 0. The number of pyridine rings is 1. The highest BCUT2D eigenvalue weighted by Gasteiger charge is 2.15. The van der Waals surface area contributed by atoms with E-state index in [0.717, 1.165) is 28.7 Å². The molecule has 0 saturated carbocycles. The quantitative estimate of drug-likeness (QED) is 0.335. The first kappa shape index (κ1) is 22.3. The van der Waals surface area contributed by atoms with Crippen LogP contribution in [0, 0.1) is 18.8 Å². The predicted molar refractivity (Wildman–Crippen MR) is 132 cm³/mol. The zero-order valence-electron chi connectivity index (χ0n) is 18.4. The molecule has 6 nitrogen and oxygen atoms in total. The molecule has 2 aromatic carbocycles. The minimum Gasteiger partial charge on any atom is -0.325 e. The van der Waals surface area contributed by atoms with Gasteiger partial charge in [0.1, 0.15) is 5.69 Å². The number of nitrogens with zero attached hydrogens (tertiary/aromatic N) is 4. The maximum Gasteiger partial charge on any atom is 0.234 e.